The van der Waals surface area contributed by atoms with Crippen molar-refractivity contribution in [1.29, 1.82) is 0 Å². The molecule has 21 heavy (non-hydrogen) atoms. The van der Waals surface area contributed by atoms with Gasteiger partial charge < -0.3 is 10.6 Å². The lowest BCUT2D eigenvalue weighted by Crippen LogP contribution is -2.48. The first-order chi connectivity index (χ1) is 10.2. The normalized spacial score (nSPS) is 25.2. The molecule has 2 N–H and O–H groups in total. The highest BCUT2D eigenvalue weighted by Crippen LogP contribution is 2.43. The Hall–Kier alpha value is -0.900. The zero-order chi connectivity index (χ0) is 14.8. The molecular weight excluding hydrogens is 258 g/mol. The average molecular weight is 287 g/mol. The van der Waals surface area contributed by atoms with Crippen molar-refractivity contribution in [3.63, 3.8) is 0 Å². The number of nitrogens with two attached hydrogens (primary N) is 1. The van der Waals surface area contributed by atoms with Gasteiger partial charge in [-0.3, -0.25) is 4.90 Å². The number of rotatable bonds is 5. The van der Waals surface area contributed by atoms with Crippen molar-refractivity contribution < 1.29 is 0 Å². The number of benzene rings is 1. The smallest absolute Gasteiger partial charge is 0.0473 e. The summed E-state index contributed by atoms with van der Waals surface area (Å²) in [6, 6.07) is 10.1. The molecule has 1 aromatic carbocycles. The summed E-state index contributed by atoms with van der Waals surface area (Å²) < 4.78 is 0. The Morgan fingerprint density at radius 3 is 2.67 bits per heavy atom. The van der Waals surface area contributed by atoms with Crippen LogP contribution in [-0.4, -0.2) is 49.6 Å². The fraction of sp³-hybridized carbons (Fsp3) is 0.667. The predicted molar refractivity (Wildman–Crippen MR) is 88.5 cm³/mol. The lowest BCUT2D eigenvalue weighted by molar-refractivity contribution is 0.0981. The third-order valence-electron chi connectivity index (χ3n) is 5.19. The summed E-state index contributed by atoms with van der Waals surface area (Å²) in [5, 5.41) is 0. The quantitative estimate of drug-likeness (QED) is 0.903. The fourth-order valence-corrected chi connectivity index (χ4v) is 3.74. The van der Waals surface area contributed by atoms with Gasteiger partial charge >= 0.3 is 0 Å². The zero-order valence-electron chi connectivity index (χ0n) is 13.5. The van der Waals surface area contributed by atoms with Gasteiger partial charge in [-0.1, -0.05) is 24.3 Å². The minimum atomic E-state index is 0.393. The van der Waals surface area contributed by atoms with E-state index in [1.807, 2.05) is 0 Å². The summed E-state index contributed by atoms with van der Waals surface area (Å²) in [6.45, 7) is 3.06. The van der Waals surface area contributed by atoms with E-state index in [1.54, 1.807) is 5.56 Å². The van der Waals surface area contributed by atoms with Crippen molar-refractivity contribution in [2.24, 2.45) is 5.73 Å². The molecule has 1 saturated heterocycles. The minimum Gasteiger partial charge on any atom is -0.329 e. The van der Waals surface area contributed by atoms with Gasteiger partial charge in [-0.15, -0.1) is 0 Å². The third-order valence-corrected chi connectivity index (χ3v) is 5.19. The summed E-state index contributed by atoms with van der Waals surface area (Å²) in [5.41, 5.74) is 9.23. The van der Waals surface area contributed by atoms with Crippen molar-refractivity contribution in [3.05, 3.63) is 35.4 Å². The van der Waals surface area contributed by atoms with Gasteiger partial charge in [0.05, 0.1) is 0 Å². The fourth-order valence-electron chi connectivity index (χ4n) is 3.74. The summed E-state index contributed by atoms with van der Waals surface area (Å²) in [5.74, 6) is 0.796. The number of likely N-dealkylation sites (N-methyl/N-ethyl adjacent to an activating group) is 1. The second-order valence-corrected chi connectivity index (χ2v) is 6.91. The van der Waals surface area contributed by atoms with Crippen LogP contribution in [0.15, 0.2) is 24.3 Å². The Kier molecular flexibility index (Phi) is 4.63. The molecule has 2 unspecified atom stereocenters. The standard InChI is InChI=1S/C18H29N3/c1-20(2)15-6-5-11-21(13-15)18(12-19)17-8-4-3-7-16(17)14-9-10-14/h3-4,7-8,14-15,18H,5-6,9-13,19H2,1-2H3. The van der Waals surface area contributed by atoms with Crippen LogP contribution in [-0.2, 0) is 0 Å². The molecule has 1 aliphatic heterocycles. The average Bonchev–Trinajstić information content (AvgIpc) is 3.33. The molecule has 0 aromatic heterocycles. The highest BCUT2D eigenvalue weighted by Gasteiger charge is 2.32. The lowest BCUT2D eigenvalue weighted by Gasteiger charge is -2.41. The van der Waals surface area contributed by atoms with E-state index in [1.165, 1.54) is 37.8 Å². The number of hydrogen-bond donors (Lipinski definition) is 1. The highest BCUT2D eigenvalue weighted by atomic mass is 15.2. The molecule has 1 saturated carbocycles. The van der Waals surface area contributed by atoms with Crippen molar-refractivity contribution in [1.82, 2.24) is 9.80 Å². The molecule has 3 rings (SSSR count). The van der Waals surface area contributed by atoms with Gasteiger partial charge in [0.1, 0.15) is 0 Å². The van der Waals surface area contributed by atoms with Crippen LogP contribution in [0.4, 0.5) is 0 Å². The van der Waals surface area contributed by atoms with Gasteiger partial charge in [-0.05, 0) is 63.4 Å². The van der Waals surface area contributed by atoms with Gasteiger partial charge in [0.25, 0.3) is 0 Å². The molecule has 0 spiro atoms. The van der Waals surface area contributed by atoms with Gasteiger partial charge in [0.2, 0.25) is 0 Å². The predicted octanol–water partition coefficient (Wildman–Crippen LogP) is 2.59. The van der Waals surface area contributed by atoms with E-state index < -0.39 is 0 Å². The molecule has 2 fully saturated rings. The van der Waals surface area contributed by atoms with Crippen molar-refractivity contribution in [2.75, 3.05) is 33.7 Å². The van der Waals surface area contributed by atoms with E-state index in [2.05, 4.69) is 48.2 Å². The Morgan fingerprint density at radius 2 is 2.00 bits per heavy atom. The molecule has 0 radical (unpaired) electrons. The summed E-state index contributed by atoms with van der Waals surface area (Å²) >= 11 is 0. The summed E-state index contributed by atoms with van der Waals surface area (Å²) in [6.07, 6.45) is 5.30. The van der Waals surface area contributed by atoms with E-state index in [-0.39, 0.29) is 0 Å². The van der Waals surface area contributed by atoms with Gasteiger partial charge in [-0.25, -0.2) is 0 Å². The molecule has 1 heterocycles. The largest absolute Gasteiger partial charge is 0.329 e. The topological polar surface area (TPSA) is 32.5 Å². The molecule has 0 amide bonds. The lowest BCUT2D eigenvalue weighted by atomic mass is 9.93. The van der Waals surface area contributed by atoms with E-state index in [4.69, 9.17) is 5.73 Å². The van der Waals surface area contributed by atoms with Crippen molar-refractivity contribution in [3.8, 4) is 0 Å². The molecule has 3 nitrogen and oxygen atoms in total. The van der Waals surface area contributed by atoms with Crippen LogP contribution in [0.3, 0.4) is 0 Å². The molecule has 116 valence electrons. The first-order valence-electron chi connectivity index (χ1n) is 8.40. The van der Waals surface area contributed by atoms with Crippen molar-refractivity contribution in [2.45, 2.75) is 43.7 Å². The molecule has 1 aromatic rings. The number of piperidine rings is 1. The number of hydrogen-bond acceptors (Lipinski definition) is 3. The van der Waals surface area contributed by atoms with Crippen LogP contribution >= 0.6 is 0 Å². The van der Waals surface area contributed by atoms with Crippen LogP contribution in [0.1, 0.15) is 48.8 Å². The molecule has 2 aliphatic rings. The highest BCUT2D eigenvalue weighted by molar-refractivity contribution is 5.36. The van der Waals surface area contributed by atoms with Crippen LogP contribution in [0.5, 0.6) is 0 Å². The van der Waals surface area contributed by atoms with Crippen LogP contribution in [0.2, 0.25) is 0 Å². The van der Waals surface area contributed by atoms with E-state index >= 15 is 0 Å². The summed E-state index contributed by atoms with van der Waals surface area (Å²) in [7, 11) is 4.40. The maximum atomic E-state index is 6.19. The minimum absolute atomic E-state index is 0.393. The van der Waals surface area contributed by atoms with Gasteiger partial charge in [0, 0.05) is 25.2 Å². The maximum Gasteiger partial charge on any atom is 0.0473 e. The molecule has 2 atom stereocenters. The number of likely N-dealkylation sites (tertiary alicyclic amines) is 1. The molecule has 1 aliphatic carbocycles. The Morgan fingerprint density at radius 1 is 1.24 bits per heavy atom. The van der Waals surface area contributed by atoms with Gasteiger partial charge in [-0.2, -0.15) is 0 Å². The van der Waals surface area contributed by atoms with E-state index in [0.717, 1.165) is 19.0 Å². The second kappa shape index (κ2) is 6.47. The van der Waals surface area contributed by atoms with Crippen molar-refractivity contribution >= 4 is 0 Å². The maximum absolute atomic E-state index is 6.19. The van der Waals surface area contributed by atoms with Crippen LogP contribution < -0.4 is 5.73 Å². The van der Waals surface area contributed by atoms with Gasteiger partial charge in [0.15, 0.2) is 0 Å². The monoisotopic (exact) mass is 287 g/mol. The Labute approximate surface area is 129 Å². The zero-order valence-corrected chi connectivity index (χ0v) is 13.5. The van der Waals surface area contributed by atoms with E-state index in [9.17, 15) is 0 Å². The first kappa shape index (κ1) is 15.0. The van der Waals surface area contributed by atoms with E-state index in [0.29, 0.717) is 12.1 Å². The Balaban J connectivity index is 1.81. The molecule has 3 heteroatoms. The summed E-state index contributed by atoms with van der Waals surface area (Å²) in [4.78, 5) is 4.99. The van der Waals surface area contributed by atoms with Crippen LogP contribution in [0.25, 0.3) is 0 Å². The Bertz CT molecular complexity index is 467. The molecular formula is C18H29N3. The third kappa shape index (κ3) is 3.31. The van der Waals surface area contributed by atoms with Crippen LogP contribution in [0, 0.1) is 0 Å². The number of nitrogens with zero attached hydrogens (tertiary/aromatic N) is 2. The first-order valence-corrected chi connectivity index (χ1v) is 8.40. The second-order valence-electron chi connectivity index (χ2n) is 6.91. The SMILES string of the molecule is CN(C)C1CCCN(C(CN)c2ccccc2C2CC2)C1. The molecule has 0 bridgehead atoms.